The first-order valence-electron chi connectivity index (χ1n) is 4.67. The van der Waals surface area contributed by atoms with Crippen molar-refractivity contribution in [3.63, 3.8) is 0 Å². The molecule has 1 aromatic heterocycles. The van der Waals surface area contributed by atoms with Crippen molar-refractivity contribution in [2.24, 2.45) is 0 Å². The van der Waals surface area contributed by atoms with Crippen molar-refractivity contribution < 1.29 is 14.6 Å². The summed E-state index contributed by atoms with van der Waals surface area (Å²) < 4.78 is 4.63. The van der Waals surface area contributed by atoms with Crippen LogP contribution in [-0.2, 0) is 4.74 Å². The van der Waals surface area contributed by atoms with Gasteiger partial charge in [0.15, 0.2) is 0 Å². The van der Waals surface area contributed by atoms with Gasteiger partial charge in [0.05, 0.1) is 7.11 Å². The van der Waals surface area contributed by atoms with E-state index in [2.05, 4.69) is 4.74 Å². The third-order valence-electron chi connectivity index (χ3n) is 2.17. The highest BCUT2D eigenvalue weighted by Gasteiger charge is 2.09. The highest BCUT2D eigenvalue weighted by molar-refractivity contribution is 7.12. The summed E-state index contributed by atoms with van der Waals surface area (Å²) >= 11 is 1.33. The van der Waals surface area contributed by atoms with Crippen LogP contribution in [0.2, 0.25) is 0 Å². The number of carbonyl (C=O) groups is 1. The lowest BCUT2D eigenvalue weighted by Gasteiger charge is -1.97. The molecule has 0 saturated carbocycles. The fraction of sp³-hybridized carbons (Fsp3) is 0.0833. The summed E-state index contributed by atoms with van der Waals surface area (Å²) in [6.45, 7) is 0. The van der Waals surface area contributed by atoms with E-state index < -0.39 is 0 Å². The molecule has 0 aliphatic heterocycles. The van der Waals surface area contributed by atoms with Crippen LogP contribution in [0.25, 0.3) is 11.1 Å². The van der Waals surface area contributed by atoms with Crippen LogP contribution in [0.15, 0.2) is 35.7 Å². The van der Waals surface area contributed by atoms with E-state index in [0.717, 1.165) is 11.1 Å². The van der Waals surface area contributed by atoms with Gasteiger partial charge in [-0.3, -0.25) is 0 Å². The molecule has 16 heavy (non-hydrogen) atoms. The van der Waals surface area contributed by atoms with Gasteiger partial charge < -0.3 is 9.84 Å². The molecule has 0 aliphatic carbocycles. The second-order valence-corrected chi connectivity index (χ2v) is 4.15. The molecule has 1 aromatic carbocycles. The molecule has 0 radical (unpaired) electrons. The van der Waals surface area contributed by atoms with Gasteiger partial charge in [-0.05, 0) is 34.7 Å². The number of hydrogen-bond donors (Lipinski definition) is 1. The number of esters is 1. The number of carbonyl (C=O) groups excluding carboxylic acids is 1. The number of phenolic OH excluding ortho intramolecular Hbond substituents is 1. The monoisotopic (exact) mass is 234 g/mol. The average Bonchev–Trinajstić information content (AvgIpc) is 2.77. The molecule has 82 valence electrons. The van der Waals surface area contributed by atoms with Crippen LogP contribution in [0.4, 0.5) is 0 Å². The zero-order chi connectivity index (χ0) is 11.5. The third kappa shape index (κ3) is 2.06. The first-order chi connectivity index (χ1) is 7.70. The second-order valence-electron chi connectivity index (χ2n) is 3.24. The zero-order valence-corrected chi connectivity index (χ0v) is 9.45. The minimum absolute atomic E-state index is 0.211. The zero-order valence-electron chi connectivity index (χ0n) is 8.64. The van der Waals surface area contributed by atoms with Gasteiger partial charge in [-0.2, -0.15) is 0 Å². The van der Waals surface area contributed by atoms with Crippen LogP contribution in [-0.4, -0.2) is 18.2 Å². The molecule has 2 rings (SSSR count). The first-order valence-corrected chi connectivity index (χ1v) is 5.55. The molecule has 3 nitrogen and oxygen atoms in total. The predicted octanol–water partition coefficient (Wildman–Crippen LogP) is 2.91. The van der Waals surface area contributed by atoms with Crippen molar-refractivity contribution in [1.29, 1.82) is 0 Å². The van der Waals surface area contributed by atoms with E-state index in [1.165, 1.54) is 18.4 Å². The van der Waals surface area contributed by atoms with E-state index in [9.17, 15) is 9.90 Å². The minimum atomic E-state index is -0.337. The topological polar surface area (TPSA) is 46.5 Å². The summed E-state index contributed by atoms with van der Waals surface area (Å²) in [7, 11) is 1.36. The molecular weight excluding hydrogens is 224 g/mol. The fourth-order valence-electron chi connectivity index (χ4n) is 1.38. The Balaban J connectivity index is 2.35. The SMILES string of the molecule is COC(=O)c1cc(-c2cccc(O)c2)cs1. The molecule has 1 heterocycles. The number of hydrogen-bond acceptors (Lipinski definition) is 4. The Bertz CT molecular complexity index is 516. The molecule has 4 heteroatoms. The van der Waals surface area contributed by atoms with E-state index in [4.69, 9.17) is 0 Å². The Hall–Kier alpha value is -1.81. The van der Waals surface area contributed by atoms with Crippen molar-refractivity contribution in [1.82, 2.24) is 0 Å². The largest absolute Gasteiger partial charge is 0.508 e. The van der Waals surface area contributed by atoms with Crippen LogP contribution in [0.5, 0.6) is 5.75 Å². The van der Waals surface area contributed by atoms with Crippen molar-refractivity contribution in [2.75, 3.05) is 7.11 Å². The molecule has 0 fully saturated rings. The van der Waals surface area contributed by atoms with Crippen LogP contribution in [0.3, 0.4) is 0 Å². The van der Waals surface area contributed by atoms with Crippen molar-refractivity contribution in [3.05, 3.63) is 40.6 Å². The fourth-order valence-corrected chi connectivity index (χ4v) is 2.21. The maximum atomic E-state index is 11.3. The Kier molecular flexibility index (Phi) is 2.92. The van der Waals surface area contributed by atoms with Crippen molar-refractivity contribution in [2.45, 2.75) is 0 Å². The van der Waals surface area contributed by atoms with E-state index in [1.807, 2.05) is 11.4 Å². The molecule has 0 spiro atoms. The minimum Gasteiger partial charge on any atom is -0.508 e. The Morgan fingerprint density at radius 1 is 1.31 bits per heavy atom. The van der Waals surface area contributed by atoms with E-state index in [1.54, 1.807) is 24.3 Å². The number of methoxy groups -OCH3 is 1. The molecular formula is C12H10O3S. The number of aromatic hydroxyl groups is 1. The Labute approximate surface area is 96.9 Å². The molecule has 0 bridgehead atoms. The van der Waals surface area contributed by atoms with Gasteiger partial charge in [-0.15, -0.1) is 11.3 Å². The summed E-state index contributed by atoms with van der Waals surface area (Å²) in [4.78, 5) is 11.8. The van der Waals surface area contributed by atoms with E-state index >= 15 is 0 Å². The van der Waals surface area contributed by atoms with Crippen LogP contribution < -0.4 is 0 Å². The maximum Gasteiger partial charge on any atom is 0.348 e. The molecule has 0 amide bonds. The Morgan fingerprint density at radius 3 is 2.81 bits per heavy atom. The lowest BCUT2D eigenvalue weighted by molar-refractivity contribution is 0.0606. The molecule has 0 atom stereocenters. The van der Waals surface area contributed by atoms with E-state index in [0.29, 0.717) is 4.88 Å². The summed E-state index contributed by atoms with van der Waals surface area (Å²) in [6.07, 6.45) is 0. The van der Waals surface area contributed by atoms with Crippen LogP contribution in [0, 0.1) is 0 Å². The van der Waals surface area contributed by atoms with E-state index in [-0.39, 0.29) is 11.7 Å². The average molecular weight is 234 g/mol. The number of phenols is 1. The van der Waals surface area contributed by atoms with Gasteiger partial charge in [0.1, 0.15) is 10.6 Å². The molecule has 0 unspecified atom stereocenters. The van der Waals surface area contributed by atoms with Gasteiger partial charge >= 0.3 is 5.97 Å². The van der Waals surface area contributed by atoms with Crippen LogP contribution >= 0.6 is 11.3 Å². The standard InChI is InChI=1S/C12H10O3S/c1-15-12(14)11-6-9(7-16-11)8-3-2-4-10(13)5-8/h2-7,13H,1H3. The lowest BCUT2D eigenvalue weighted by Crippen LogP contribution is -1.96. The summed E-state index contributed by atoms with van der Waals surface area (Å²) in [5, 5.41) is 11.2. The van der Waals surface area contributed by atoms with Gasteiger partial charge in [0.25, 0.3) is 0 Å². The number of rotatable bonds is 2. The summed E-state index contributed by atoms with van der Waals surface area (Å²) in [5.74, 6) is -0.125. The third-order valence-corrected chi connectivity index (χ3v) is 3.08. The highest BCUT2D eigenvalue weighted by atomic mass is 32.1. The van der Waals surface area contributed by atoms with Gasteiger partial charge in [-0.25, -0.2) is 4.79 Å². The predicted molar refractivity (Wildman–Crippen MR) is 62.8 cm³/mol. The quantitative estimate of drug-likeness (QED) is 0.813. The second kappa shape index (κ2) is 4.37. The maximum absolute atomic E-state index is 11.3. The molecule has 0 aliphatic rings. The lowest BCUT2D eigenvalue weighted by atomic mass is 10.1. The van der Waals surface area contributed by atoms with Crippen molar-refractivity contribution in [3.8, 4) is 16.9 Å². The molecule has 0 saturated heterocycles. The van der Waals surface area contributed by atoms with Crippen molar-refractivity contribution >= 4 is 17.3 Å². The number of thiophene rings is 1. The summed E-state index contributed by atoms with van der Waals surface area (Å²) in [5.41, 5.74) is 1.78. The smallest absolute Gasteiger partial charge is 0.348 e. The first kappa shape index (κ1) is 10.7. The molecule has 2 aromatic rings. The highest BCUT2D eigenvalue weighted by Crippen LogP contribution is 2.28. The van der Waals surface area contributed by atoms with Crippen LogP contribution in [0.1, 0.15) is 9.67 Å². The molecule has 1 N–H and O–H groups in total. The number of ether oxygens (including phenoxy) is 1. The van der Waals surface area contributed by atoms with Gasteiger partial charge in [0, 0.05) is 0 Å². The number of benzene rings is 1. The van der Waals surface area contributed by atoms with Gasteiger partial charge in [0.2, 0.25) is 0 Å². The van der Waals surface area contributed by atoms with Gasteiger partial charge in [-0.1, -0.05) is 12.1 Å². The Morgan fingerprint density at radius 2 is 2.12 bits per heavy atom. The normalized spacial score (nSPS) is 10.1. The summed E-state index contributed by atoms with van der Waals surface area (Å²) in [6, 6.07) is 8.66.